The van der Waals surface area contributed by atoms with Crippen LogP contribution in [0, 0.1) is 0 Å². The Morgan fingerprint density at radius 1 is 1.50 bits per heavy atom. The Morgan fingerprint density at radius 3 is 2.70 bits per heavy atom. The van der Waals surface area contributed by atoms with Gasteiger partial charge in [-0.2, -0.15) is 0 Å². The van der Waals surface area contributed by atoms with E-state index in [4.69, 9.17) is 0 Å². The fraction of sp³-hybridized carbons (Fsp3) is 0.222. The predicted octanol–water partition coefficient (Wildman–Crippen LogP) is 2.26. The largest absolute Gasteiger partial charge is 0.303 e. The van der Waals surface area contributed by atoms with Gasteiger partial charge in [-0.25, -0.2) is 0 Å². The normalized spacial score (nSPS) is 10.9. The minimum absolute atomic E-state index is 0.425. The summed E-state index contributed by atoms with van der Waals surface area (Å²) < 4.78 is 0. The Morgan fingerprint density at radius 2 is 2.20 bits per heavy atom. The quantitative estimate of drug-likeness (QED) is 0.428. The van der Waals surface area contributed by atoms with Gasteiger partial charge in [0, 0.05) is 6.42 Å². The number of carbonyl (C=O) groups is 1. The number of carbonyl (C=O) groups excluding carboxylic acids is 1. The lowest BCUT2D eigenvalue weighted by molar-refractivity contribution is -0.107. The van der Waals surface area contributed by atoms with E-state index in [0.29, 0.717) is 6.42 Å². The maximum absolute atomic E-state index is 9.94. The fourth-order valence-electron chi connectivity index (χ4n) is 0.478. The molecule has 0 aromatic carbocycles. The Hall–Kier alpha value is -1.11. The molecule has 1 nitrogen and oxygen atoms in total. The molecule has 0 aliphatic rings. The molecule has 0 spiro atoms. The predicted molar refractivity (Wildman–Crippen MR) is 43.8 cm³/mol. The molecule has 0 atom stereocenters. The third kappa shape index (κ3) is 5.04. The van der Waals surface area contributed by atoms with Crippen molar-refractivity contribution in [1.29, 1.82) is 0 Å². The van der Waals surface area contributed by atoms with Gasteiger partial charge in [0.15, 0.2) is 0 Å². The average Bonchev–Trinajstić information content (AvgIpc) is 1.89. The molecule has 0 amide bonds. The van der Waals surface area contributed by atoms with E-state index >= 15 is 0 Å². The van der Waals surface area contributed by atoms with E-state index in [0.717, 1.165) is 11.9 Å². The van der Waals surface area contributed by atoms with Crippen molar-refractivity contribution in [3.05, 3.63) is 36.5 Å². The minimum atomic E-state index is 0.425. The molecule has 0 saturated heterocycles. The van der Waals surface area contributed by atoms with Gasteiger partial charge in [-0.1, -0.05) is 30.9 Å². The SMILES string of the molecule is C=C(/C=C\C=C/C)CC=O. The Kier molecular flexibility index (Phi) is 5.35. The van der Waals surface area contributed by atoms with Gasteiger partial charge in [0.1, 0.15) is 6.29 Å². The van der Waals surface area contributed by atoms with Crippen molar-refractivity contribution < 1.29 is 4.79 Å². The van der Waals surface area contributed by atoms with Crippen LogP contribution in [-0.4, -0.2) is 6.29 Å². The molecular weight excluding hydrogens is 124 g/mol. The van der Waals surface area contributed by atoms with Crippen LogP contribution >= 0.6 is 0 Å². The molecule has 0 rings (SSSR count). The summed E-state index contributed by atoms with van der Waals surface area (Å²) in [7, 11) is 0. The van der Waals surface area contributed by atoms with Gasteiger partial charge in [-0.15, -0.1) is 0 Å². The van der Waals surface area contributed by atoms with E-state index < -0.39 is 0 Å². The second-order valence-corrected chi connectivity index (χ2v) is 1.91. The molecular formula is C9H12O. The second kappa shape index (κ2) is 6.02. The lowest BCUT2D eigenvalue weighted by atomic mass is 10.2. The van der Waals surface area contributed by atoms with Crippen LogP contribution in [0.2, 0.25) is 0 Å². The van der Waals surface area contributed by atoms with Gasteiger partial charge >= 0.3 is 0 Å². The highest BCUT2D eigenvalue weighted by atomic mass is 16.1. The molecule has 0 radical (unpaired) electrons. The zero-order chi connectivity index (χ0) is 7.82. The molecule has 0 aromatic rings. The summed E-state index contributed by atoms with van der Waals surface area (Å²) in [5.74, 6) is 0. The maximum atomic E-state index is 9.94. The van der Waals surface area contributed by atoms with Gasteiger partial charge in [-0.3, -0.25) is 0 Å². The summed E-state index contributed by atoms with van der Waals surface area (Å²) in [6, 6.07) is 0. The van der Waals surface area contributed by atoms with E-state index in [9.17, 15) is 4.79 Å². The summed E-state index contributed by atoms with van der Waals surface area (Å²) in [6.45, 7) is 5.60. The summed E-state index contributed by atoms with van der Waals surface area (Å²) in [5.41, 5.74) is 0.841. The van der Waals surface area contributed by atoms with Crippen LogP contribution in [0.3, 0.4) is 0 Å². The van der Waals surface area contributed by atoms with Crippen molar-refractivity contribution in [2.24, 2.45) is 0 Å². The monoisotopic (exact) mass is 136 g/mol. The molecule has 0 saturated carbocycles. The van der Waals surface area contributed by atoms with E-state index in [-0.39, 0.29) is 0 Å². The molecule has 0 bridgehead atoms. The van der Waals surface area contributed by atoms with Crippen molar-refractivity contribution in [3.8, 4) is 0 Å². The van der Waals surface area contributed by atoms with Crippen molar-refractivity contribution in [2.75, 3.05) is 0 Å². The number of aldehydes is 1. The molecule has 1 heteroatoms. The van der Waals surface area contributed by atoms with Gasteiger partial charge in [-0.05, 0) is 12.5 Å². The second-order valence-electron chi connectivity index (χ2n) is 1.91. The van der Waals surface area contributed by atoms with Crippen LogP contribution in [0.15, 0.2) is 36.5 Å². The topological polar surface area (TPSA) is 17.1 Å². The summed E-state index contributed by atoms with van der Waals surface area (Å²) in [6.07, 6.45) is 8.79. The first kappa shape index (κ1) is 8.89. The molecule has 0 fully saturated rings. The van der Waals surface area contributed by atoms with Crippen LogP contribution < -0.4 is 0 Å². The van der Waals surface area contributed by atoms with Crippen LogP contribution in [0.4, 0.5) is 0 Å². The lowest BCUT2D eigenvalue weighted by Gasteiger charge is -1.86. The first-order chi connectivity index (χ1) is 4.81. The fourth-order valence-corrected chi connectivity index (χ4v) is 0.478. The molecule has 0 N–H and O–H groups in total. The standard InChI is InChI=1S/C9H12O/c1-3-4-5-6-9(2)7-8-10/h3-6,8H,2,7H2,1H3/b4-3-,6-5-. The van der Waals surface area contributed by atoms with Gasteiger partial charge in [0.05, 0.1) is 0 Å². The average molecular weight is 136 g/mol. The zero-order valence-electron chi connectivity index (χ0n) is 6.21. The van der Waals surface area contributed by atoms with Crippen LogP contribution in [0.1, 0.15) is 13.3 Å². The summed E-state index contributed by atoms with van der Waals surface area (Å²) in [4.78, 5) is 9.94. The van der Waals surface area contributed by atoms with Gasteiger partial charge in [0.2, 0.25) is 0 Å². The maximum Gasteiger partial charge on any atom is 0.124 e. The number of hydrogen-bond donors (Lipinski definition) is 0. The molecule has 0 aliphatic carbocycles. The van der Waals surface area contributed by atoms with Gasteiger partial charge < -0.3 is 4.79 Å². The third-order valence-corrected chi connectivity index (χ3v) is 0.981. The van der Waals surface area contributed by atoms with E-state index in [1.807, 2.05) is 31.2 Å². The summed E-state index contributed by atoms with van der Waals surface area (Å²) >= 11 is 0. The van der Waals surface area contributed by atoms with Crippen molar-refractivity contribution in [3.63, 3.8) is 0 Å². The first-order valence-electron chi connectivity index (χ1n) is 3.22. The Balaban J connectivity index is 3.66. The van der Waals surface area contributed by atoms with Crippen LogP contribution in [0.5, 0.6) is 0 Å². The van der Waals surface area contributed by atoms with Crippen molar-refractivity contribution in [2.45, 2.75) is 13.3 Å². The minimum Gasteiger partial charge on any atom is -0.303 e. The molecule has 0 heterocycles. The molecule has 0 aliphatic heterocycles. The molecule has 10 heavy (non-hydrogen) atoms. The third-order valence-electron chi connectivity index (χ3n) is 0.981. The van der Waals surface area contributed by atoms with Crippen LogP contribution in [-0.2, 0) is 4.79 Å². The molecule has 0 unspecified atom stereocenters. The number of rotatable bonds is 4. The van der Waals surface area contributed by atoms with Crippen molar-refractivity contribution >= 4 is 6.29 Å². The smallest absolute Gasteiger partial charge is 0.124 e. The Bertz CT molecular complexity index is 164. The highest BCUT2D eigenvalue weighted by Crippen LogP contribution is 1.96. The number of hydrogen-bond acceptors (Lipinski definition) is 1. The number of allylic oxidation sites excluding steroid dienone is 5. The van der Waals surface area contributed by atoms with Crippen molar-refractivity contribution in [1.82, 2.24) is 0 Å². The molecule has 54 valence electrons. The molecule has 0 aromatic heterocycles. The van der Waals surface area contributed by atoms with E-state index in [2.05, 4.69) is 6.58 Å². The summed E-state index contributed by atoms with van der Waals surface area (Å²) in [5, 5.41) is 0. The first-order valence-corrected chi connectivity index (χ1v) is 3.22. The zero-order valence-corrected chi connectivity index (χ0v) is 6.21. The highest BCUT2D eigenvalue weighted by Gasteiger charge is 1.82. The van der Waals surface area contributed by atoms with E-state index in [1.54, 1.807) is 0 Å². The highest BCUT2D eigenvalue weighted by molar-refractivity contribution is 5.55. The lowest BCUT2D eigenvalue weighted by Crippen LogP contribution is -1.75. The Labute approximate surface area is 61.8 Å². The van der Waals surface area contributed by atoms with E-state index in [1.165, 1.54) is 0 Å². The van der Waals surface area contributed by atoms with Gasteiger partial charge in [0.25, 0.3) is 0 Å². The van der Waals surface area contributed by atoms with Crippen LogP contribution in [0.25, 0.3) is 0 Å².